The minimum absolute atomic E-state index is 0.103. The first-order valence-corrected chi connectivity index (χ1v) is 9.75. The number of carbonyl (C=O) groups excluding carboxylic acids is 1. The lowest BCUT2D eigenvalue weighted by Crippen LogP contribution is -2.67. The van der Waals surface area contributed by atoms with Gasteiger partial charge in [-0.05, 0) is 48.8 Å². The van der Waals surface area contributed by atoms with E-state index in [1.54, 1.807) is 12.1 Å². The number of hydrogen-bond donors (Lipinski definition) is 2. The highest BCUT2D eigenvalue weighted by molar-refractivity contribution is 5.92. The van der Waals surface area contributed by atoms with Gasteiger partial charge in [0.15, 0.2) is 0 Å². The van der Waals surface area contributed by atoms with Crippen molar-refractivity contribution in [2.45, 2.75) is 44.1 Å². The van der Waals surface area contributed by atoms with Crippen LogP contribution in [0.15, 0.2) is 18.2 Å². The van der Waals surface area contributed by atoms with Gasteiger partial charge >= 0.3 is 5.97 Å². The Kier molecular flexibility index (Phi) is 3.42. The zero-order valence-corrected chi connectivity index (χ0v) is 15.4. The number of piperidine rings is 2. The molecule has 1 unspecified atom stereocenters. The van der Waals surface area contributed by atoms with Crippen LogP contribution in [0.4, 0.5) is 0 Å². The van der Waals surface area contributed by atoms with Crippen LogP contribution in [0, 0.1) is 11.8 Å². The van der Waals surface area contributed by atoms with E-state index >= 15 is 0 Å². The van der Waals surface area contributed by atoms with E-state index in [-0.39, 0.29) is 17.8 Å². The average molecular weight is 354 g/mol. The Labute approximate surface area is 153 Å². The Morgan fingerprint density at radius 2 is 2.31 bits per heavy atom. The number of H-pyrrole nitrogens is 1. The van der Waals surface area contributed by atoms with Crippen LogP contribution >= 0.6 is 0 Å². The molecule has 0 radical (unpaired) electrons. The first-order valence-electron chi connectivity index (χ1n) is 9.75. The third kappa shape index (κ3) is 1.92. The number of benzene rings is 1. The van der Waals surface area contributed by atoms with Gasteiger partial charge in [-0.15, -0.1) is 0 Å². The van der Waals surface area contributed by atoms with E-state index < -0.39 is 5.41 Å². The predicted molar refractivity (Wildman–Crippen MR) is 99.2 cm³/mol. The van der Waals surface area contributed by atoms with Gasteiger partial charge in [0.25, 0.3) is 0 Å². The van der Waals surface area contributed by atoms with E-state index in [9.17, 15) is 9.90 Å². The van der Waals surface area contributed by atoms with Gasteiger partial charge in [0.2, 0.25) is 0 Å². The first-order chi connectivity index (χ1) is 12.6. The quantitative estimate of drug-likeness (QED) is 0.814. The number of hydrogen-bond acceptors (Lipinski definition) is 4. The number of esters is 1. The lowest BCUT2D eigenvalue weighted by atomic mass is 9.56. The SMILES string of the molecule is CC[C@H]1C[C@H]2CN3CCc4c([nH]c5cc(O)ccc45)[C@](C(=O)OC)(C2)[C@H]13. The number of methoxy groups -OCH3 is 1. The van der Waals surface area contributed by atoms with Crippen LogP contribution in [-0.4, -0.2) is 47.2 Å². The first kappa shape index (κ1) is 16.2. The zero-order valence-electron chi connectivity index (χ0n) is 15.4. The lowest BCUT2D eigenvalue weighted by Gasteiger charge is -2.57. The van der Waals surface area contributed by atoms with Crippen LogP contribution in [0.3, 0.4) is 0 Å². The summed E-state index contributed by atoms with van der Waals surface area (Å²) in [4.78, 5) is 19.4. The van der Waals surface area contributed by atoms with Crippen LogP contribution in [0.5, 0.6) is 5.75 Å². The summed E-state index contributed by atoms with van der Waals surface area (Å²) in [6, 6.07) is 5.68. The fourth-order valence-corrected chi connectivity index (χ4v) is 6.31. The molecule has 0 amide bonds. The van der Waals surface area contributed by atoms with Crippen molar-refractivity contribution < 1.29 is 14.6 Å². The molecule has 4 heterocycles. The molecular formula is C21H26N2O3. The van der Waals surface area contributed by atoms with Crippen molar-refractivity contribution in [1.82, 2.24) is 9.88 Å². The van der Waals surface area contributed by atoms with E-state index in [0.29, 0.717) is 11.8 Å². The van der Waals surface area contributed by atoms with Crippen molar-refractivity contribution in [2.75, 3.05) is 20.2 Å². The van der Waals surface area contributed by atoms with E-state index in [1.165, 1.54) is 19.1 Å². The fourth-order valence-electron chi connectivity index (χ4n) is 6.31. The van der Waals surface area contributed by atoms with E-state index in [0.717, 1.165) is 48.9 Å². The minimum atomic E-state index is -0.614. The van der Waals surface area contributed by atoms with E-state index in [4.69, 9.17) is 4.74 Å². The Balaban J connectivity index is 1.80. The van der Waals surface area contributed by atoms with Crippen LogP contribution in [0.2, 0.25) is 0 Å². The summed E-state index contributed by atoms with van der Waals surface area (Å²) in [5.41, 5.74) is 2.58. The number of fused-ring (bicyclic) bond motifs is 4. The maximum Gasteiger partial charge on any atom is 0.319 e. The summed E-state index contributed by atoms with van der Waals surface area (Å²) in [6.07, 6.45) is 4.10. The highest BCUT2D eigenvalue weighted by Gasteiger charge is 2.62. The molecular weight excluding hydrogens is 328 g/mol. The maximum absolute atomic E-state index is 13.3. The van der Waals surface area contributed by atoms with Crippen molar-refractivity contribution >= 4 is 16.9 Å². The zero-order chi connectivity index (χ0) is 18.1. The number of rotatable bonds is 2. The molecule has 2 N–H and O–H groups in total. The largest absolute Gasteiger partial charge is 0.508 e. The third-order valence-electron chi connectivity index (χ3n) is 7.14. The molecule has 1 saturated carbocycles. The Morgan fingerprint density at radius 3 is 3.08 bits per heavy atom. The Bertz CT molecular complexity index is 889. The second-order valence-corrected chi connectivity index (χ2v) is 8.34. The summed E-state index contributed by atoms with van der Waals surface area (Å²) in [5, 5.41) is 11.0. The molecule has 5 atom stereocenters. The van der Waals surface area contributed by atoms with E-state index in [1.807, 2.05) is 6.07 Å². The number of nitrogens with one attached hydrogen (secondary N) is 1. The normalized spacial score (nSPS) is 35.2. The summed E-state index contributed by atoms with van der Waals surface area (Å²) in [5.74, 6) is 1.20. The summed E-state index contributed by atoms with van der Waals surface area (Å²) in [7, 11) is 1.52. The third-order valence-corrected chi connectivity index (χ3v) is 7.14. The van der Waals surface area contributed by atoms with Gasteiger partial charge < -0.3 is 14.8 Å². The molecule has 1 aromatic carbocycles. The molecule has 1 aromatic heterocycles. The van der Waals surface area contributed by atoms with Crippen LogP contribution in [0.1, 0.15) is 37.4 Å². The molecule has 4 bridgehead atoms. The summed E-state index contributed by atoms with van der Waals surface area (Å²) < 4.78 is 5.41. The number of aromatic hydroxyl groups is 1. The fraction of sp³-hybridized carbons (Fsp3) is 0.571. The highest BCUT2D eigenvalue weighted by atomic mass is 16.5. The van der Waals surface area contributed by atoms with Crippen molar-refractivity contribution in [3.8, 4) is 5.75 Å². The standard InChI is InChI=1S/C21H26N2O3/c1-3-13-8-12-10-21(20(25)26-2)18-16(6-7-23(11-12)19(13)21)15-5-4-14(24)9-17(15)22-18/h4-5,9,12-13,19,22,24H,3,6-8,10-11H2,1-2H3/t12-,13+,19+,21-/m1/s1. The molecule has 138 valence electrons. The van der Waals surface area contributed by atoms with Crippen molar-refractivity contribution in [1.29, 1.82) is 0 Å². The van der Waals surface area contributed by atoms with Gasteiger partial charge in [0.1, 0.15) is 11.2 Å². The van der Waals surface area contributed by atoms with Gasteiger partial charge in [0.05, 0.1) is 7.11 Å². The summed E-state index contributed by atoms with van der Waals surface area (Å²) in [6.45, 7) is 4.33. The molecule has 3 aliphatic heterocycles. The van der Waals surface area contributed by atoms with E-state index in [2.05, 4.69) is 16.8 Å². The van der Waals surface area contributed by atoms with Crippen LogP contribution in [-0.2, 0) is 21.4 Å². The second-order valence-electron chi connectivity index (χ2n) is 8.34. The van der Waals surface area contributed by atoms with Crippen LogP contribution < -0.4 is 0 Å². The molecule has 2 aromatic rings. The molecule has 5 heteroatoms. The number of carbonyl (C=O) groups is 1. The number of phenolic OH excluding ortho intramolecular Hbond substituents is 1. The van der Waals surface area contributed by atoms with Gasteiger partial charge in [-0.2, -0.15) is 0 Å². The number of aromatic nitrogens is 1. The van der Waals surface area contributed by atoms with Gasteiger partial charge in [-0.1, -0.05) is 13.3 Å². The molecule has 0 spiro atoms. The number of aromatic amines is 1. The van der Waals surface area contributed by atoms with Crippen LogP contribution in [0.25, 0.3) is 10.9 Å². The molecule has 5 nitrogen and oxygen atoms in total. The number of nitrogens with zero attached hydrogens (tertiary/aromatic N) is 1. The second kappa shape index (κ2) is 5.49. The average Bonchev–Trinajstić information content (AvgIpc) is 2.98. The van der Waals surface area contributed by atoms with Gasteiger partial charge in [0, 0.05) is 41.8 Å². The maximum atomic E-state index is 13.3. The Hall–Kier alpha value is -2.01. The van der Waals surface area contributed by atoms with Crippen molar-refractivity contribution in [3.05, 3.63) is 29.5 Å². The molecule has 4 aliphatic rings. The van der Waals surface area contributed by atoms with Crippen molar-refractivity contribution in [3.63, 3.8) is 0 Å². The highest BCUT2D eigenvalue weighted by Crippen LogP contribution is 2.55. The molecule has 6 rings (SSSR count). The Morgan fingerprint density at radius 1 is 1.46 bits per heavy atom. The summed E-state index contributed by atoms with van der Waals surface area (Å²) >= 11 is 0. The molecule has 1 aliphatic carbocycles. The smallest absolute Gasteiger partial charge is 0.319 e. The lowest BCUT2D eigenvalue weighted by molar-refractivity contribution is -0.162. The topological polar surface area (TPSA) is 65.6 Å². The van der Waals surface area contributed by atoms with Gasteiger partial charge in [-0.3, -0.25) is 9.69 Å². The number of ether oxygens (including phenoxy) is 1. The monoisotopic (exact) mass is 354 g/mol. The van der Waals surface area contributed by atoms with Crippen molar-refractivity contribution in [2.24, 2.45) is 11.8 Å². The molecule has 2 saturated heterocycles. The predicted octanol–water partition coefficient (Wildman–Crippen LogP) is 2.96. The minimum Gasteiger partial charge on any atom is -0.508 e. The molecule has 3 fully saturated rings. The number of phenols is 1. The molecule has 26 heavy (non-hydrogen) atoms. The van der Waals surface area contributed by atoms with Gasteiger partial charge in [-0.25, -0.2) is 0 Å².